The van der Waals surface area contributed by atoms with Crippen LogP contribution in [-0.4, -0.2) is 0 Å². The first-order valence-corrected chi connectivity index (χ1v) is 8.43. The van der Waals surface area contributed by atoms with Crippen LogP contribution in [0, 0.1) is 23.7 Å². The van der Waals surface area contributed by atoms with E-state index in [1.54, 1.807) is 57.8 Å². The molecule has 0 aromatic carbocycles. The summed E-state index contributed by atoms with van der Waals surface area (Å²) in [5.74, 6) is 4.59. The second-order valence-electron chi connectivity index (χ2n) is 7.13. The molecule has 0 spiro atoms. The Labute approximate surface area is 108 Å². The van der Waals surface area contributed by atoms with Crippen LogP contribution in [0.3, 0.4) is 0 Å². The molecule has 3 aliphatic rings. The highest BCUT2D eigenvalue weighted by molar-refractivity contribution is 4.87. The molecule has 0 saturated heterocycles. The third-order valence-corrected chi connectivity index (χ3v) is 5.86. The van der Waals surface area contributed by atoms with E-state index in [1.807, 2.05) is 0 Å². The Hall–Kier alpha value is 0. The average molecular weight is 234 g/mol. The minimum atomic E-state index is 1.14. The topological polar surface area (TPSA) is 0 Å². The third-order valence-electron chi connectivity index (χ3n) is 5.86. The van der Waals surface area contributed by atoms with Gasteiger partial charge in [0, 0.05) is 0 Å². The van der Waals surface area contributed by atoms with Crippen molar-refractivity contribution in [2.75, 3.05) is 0 Å². The summed E-state index contributed by atoms with van der Waals surface area (Å²) in [5, 5.41) is 0. The molecule has 0 aromatic heterocycles. The van der Waals surface area contributed by atoms with Crippen LogP contribution in [-0.2, 0) is 0 Å². The van der Waals surface area contributed by atoms with Gasteiger partial charge < -0.3 is 0 Å². The first kappa shape index (κ1) is 12.1. The van der Waals surface area contributed by atoms with Crippen LogP contribution in [0.2, 0.25) is 0 Å². The fourth-order valence-electron chi connectivity index (χ4n) is 4.37. The van der Waals surface area contributed by atoms with Gasteiger partial charge >= 0.3 is 0 Å². The highest BCUT2D eigenvalue weighted by atomic mass is 14.4. The SMILES string of the molecule is C1CCC(C(CCCC2CCC2)C2CC2)CC1. The molecule has 0 heteroatoms. The highest BCUT2D eigenvalue weighted by Gasteiger charge is 2.36. The lowest BCUT2D eigenvalue weighted by atomic mass is 9.74. The van der Waals surface area contributed by atoms with Crippen molar-refractivity contribution in [2.24, 2.45) is 23.7 Å². The van der Waals surface area contributed by atoms with Crippen molar-refractivity contribution in [1.82, 2.24) is 0 Å². The Morgan fingerprint density at radius 2 is 1.41 bits per heavy atom. The first-order chi connectivity index (χ1) is 8.43. The van der Waals surface area contributed by atoms with E-state index in [0.717, 1.165) is 17.8 Å². The molecule has 0 aromatic rings. The molecule has 98 valence electrons. The molecule has 0 N–H and O–H groups in total. The molecule has 1 atom stereocenters. The average Bonchev–Trinajstić information content (AvgIpc) is 3.12. The Morgan fingerprint density at radius 3 is 2.00 bits per heavy atom. The molecule has 3 fully saturated rings. The predicted molar refractivity (Wildman–Crippen MR) is 74.0 cm³/mol. The van der Waals surface area contributed by atoms with Crippen molar-refractivity contribution < 1.29 is 0 Å². The van der Waals surface area contributed by atoms with Crippen LogP contribution in [0.4, 0.5) is 0 Å². The smallest absolute Gasteiger partial charge is 0.0357 e. The Morgan fingerprint density at radius 1 is 0.706 bits per heavy atom. The van der Waals surface area contributed by atoms with Gasteiger partial charge in [-0.25, -0.2) is 0 Å². The third kappa shape index (κ3) is 3.26. The van der Waals surface area contributed by atoms with Gasteiger partial charge in [0.05, 0.1) is 0 Å². The first-order valence-electron chi connectivity index (χ1n) is 8.43. The molecule has 3 saturated carbocycles. The Bertz CT molecular complexity index is 218. The van der Waals surface area contributed by atoms with Gasteiger partial charge in [0.15, 0.2) is 0 Å². The van der Waals surface area contributed by atoms with Gasteiger partial charge in [0.1, 0.15) is 0 Å². The summed E-state index contributed by atoms with van der Waals surface area (Å²) in [6, 6.07) is 0. The summed E-state index contributed by atoms with van der Waals surface area (Å²) in [4.78, 5) is 0. The minimum absolute atomic E-state index is 1.14. The van der Waals surface area contributed by atoms with Gasteiger partial charge in [0.2, 0.25) is 0 Å². The Kier molecular flexibility index (Phi) is 4.08. The van der Waals surface area contributed by atoms with Crippen LogP contribution in [0.5, 0.6) is 0 Å². The summed E-state index contributed by atoms with van der Waals surface area (Å²) in [6.07, 6.45) is 20.2. The summed E-state index contributed by atoms with van der Waals surface area (Å²) < 4.78 is 0. The largest absolute Gasteiger partial charge is 0.0533 e. The lowest BCUT2D eigenvalue weighted by Gasteiger charge is -2.32. The summed E-state index contributed by atoms with van der Waals surface area (Å²) in [6.45, 7) is 0. The molecule has 3 aliphatic carbocycles. The van der Waals surface area contributed by atoms with Crippen LogP contribution in [0.25, 0.3) is 0 Å². The van der Waals surface area contributed by atoms with Crippen LogP contribution >= 0.6 is 0 Å². The second-order valence-corrected chi connectivity index (χ2v) is 7.13. The van der Waals surface area contributed by atoms with Gasteiger partial charge in [-0.2, -0.15) is 0 Å². The standard InChI is InChI=1S/C17H30/c1-2-9-15(10-3-1)17(16-12-13-16)11-5-8-14-6-4-7-14/h14-17H,1-13H2. The molecule has 0 aliphatic heterocycles. The predicted octanol–water partition coefficient (Wildman–Crippen LogP) is 5.56. The van der Waals surface area contributed by atoms with Crippen LogP contribution in [0.15, 0.2) is 0 Å². The van der Waals surface area contributed by atoms with E-state index in [-0.39, 0.29) is 0 Å². The van der Waals surface area contributed by atoms with Crippen molar-refractivity contribution in [3.05, 3.63) is 0 Å². The number of hydrogen-bond donors (Lipinski definition) is 0. The maximum absolute atomic E-state index is 1.59. The lowest BCUT2D eigenvalue weighted by Crippen LogP contribution is -2.20. The fraction of sp³-hybridized carbons (Fsp3) is 1.00. The molecule has 0 nitrogen and oxygen atoms in total. The number of rotatable bonds is 6. The summed E-state index contributed by atoms with van der Waals surface area (Å²) in [7, 11) is 0. The molecule has 17 heavy (non-hydrogen) atoms. The van der Waals surface area contributed by atoms with E-state index in [9.17, 15) is 0 Å². The van der Waals surface area contributed by atoms with Crippen molar-refractivity contribution >= 4 is 0 Å². The van der Waals surface area contributed by atoms with Gasteiger partial charge in [-0.15, -0.1) is 0 Å². The molecular weight excluding hydrogens is 204 g/mol. The number of hydrogen-bond acceptors (Lipinski definition) is 0. The normalized spacial score (nSPS) is 28.9. The highest BCUT2D eigenvalue weighted by Crippen LogP contribution is 2.47. The maximum atomic E-state index is 1.59. The summed E-state index contributed by atoms with van der Waals surface area (Å²) in [5.41, 5.74) is 0. The van der Waals surface area contributed by atoms with E-state index in [1.165, 1.54) is 31.6 Å². The van der Waals surface area contributed by atoms with Crippen molar-refractivity contribution in [3.8, 4) is 0 Å². The Balaban J connectivity index is 1.42. The molecule has 0 heterocycles. The molecule has 0 amide bonds. The van der Waals surface area contributed by atoms with Gasteiger partial charge in [0.25, 0.3) is 0 Å². The molecule has 0 radical (unpaired) electrons. The molecule has 0 bridgehead atoms. The zero-order valence-corrected chi connectivity index (χ0v) is 11.5. The van der Waals surface area contributed by atoms with Crippen LogP contribution in [0.1, 0.15) is 83.5 Å². The van der Waals surface area contributed by atoms with Gasteiger partial charge in [-0.1, -0.05) is 64.2 Å². The van der Waals surface area contributed by atoms with Crippen LogP contribution < -0.4 is 0 Å². The molecule has 1 unspecified atom stereocenters. The van der Waals surface area contributed by atoms with E-state index < -0.39 is 0 Å². The molecular formula is C17H30. The lowest BCUT2D eigenvalue weighted by molar-refractivity contribution is 0.197. The zero-order chi connectivity index (χ0) is 11.5. The van der Waals surface area contributed by atoms with Crippen molar-refractivity contribution in [2.45, 2.75) is 83.5 Å². The van der Waals surface area contributed by atoms with E-state index in [4.69, 9.17) is 0 Å². The second kappa shape index (κ2) is 5.76. The molecule has 3 rings (SSSR count). The maximum Gasteiger partial charge on any atom is -0.0357 e. The minimum Gasteiger partial charge on any atom is -0.0533 e. The quantitative estimate of drug-likeness (QED) is 0.564. The monoisotopic (exact) mass is 234 g/mol. The fourth-order valence-corrected chi connectivity index (χ4v) is 4.37. The van der Waals surface area contributed by atoms with Crippen molar-refractivity contribution in [1.29, 1.82) is 0 Å². The van der Waals surface area contributed by atoms with E-state index >= 15 is 0 Å². The van der Waals surface area contributed by atoms with Gasteiger partial charge in [-0.3, -0.25) is 0 Å². The van der Waals surface area contributed by atoms with Gasteiger partial charge in [-0.05, 0) is 42.9 Å². The van der Waals surface area contributed by atoms with E-state index in [2.05, 4.69) is 0 Å². The summed E-state index contributed by atoms with van der Waals surface area (Å²) >= 11 is 0. The van der Waals surface area contributed by atoms with Crippen molar-refractivity contribution in [3.63, 3.8) is 0 Å². The zero-order valence-electron chi connectivity index (χ0n) is 11.5. The van der Waals surface area contributed by atoms with E-state index in [0.29, 0.717) is 0 Å².